The Hall–Kier alpha value is -1.79. The van der Waals surface area contributed by atoms with E-state index in [1.165, 1.54) is 19.3 Å². The number of para-hydroxylation sites is 1. The van der Waals surface area contributed by atoms with E-state index >= 15 is 0 Å². The van der Waals surface area contributed by atoms with Gasteiger partial charge in [0.25, 0.3) is 0 Å². The highest BCUT2D eigenvalue weighted by Crippen LogP contribution is 2.29. The van der Waals surface area contributed by atoms with Crippen molar-refractivity contribution in [3.05, 3.63) is 29.8 Å². The van der Waals surface area contributed by atoms with Crippen LogP contribution in [0.3, 0.4) is 0 Å². The zero-order chi connectivity index (χ0) is 12.8. The predicted octanol–water partition coefficient (Wildman–Crippen LogP) is 2.13. The van der Waals surface area contributed by atoms with Gasteiger partial charge in [-0.2, -0.15) is 0 Å². The summed E-state index contributed by atoms with van der Waals surface area (Å²) in [6, 6.07) is 7.57. The Morgan fingerprint density at radius 2 is 2.17 bits per heavy atom. The molecule has 3 N–H and O–H groups in total. The molecule has 0 atom stereocenters. The van der Waals surface area contributed by atoms with Gasteiger partial charge < -0.3 is 11.1 Å². The maximum atomic E-state index is 11.9. The molecule has 0 bridgehead atoms. The minimum atomic E-state index is 0.0849. The second-order valence-corrected chi connectivity index (χ2v) is 4.60. The van der Waals surface area contributed by atoms with Crippen LogP contribution >= 0.6 is 0 Å². The van der Waals surface area contributed by atoms with Crippen molar-refractivity contribution in [2.24, 2.45) is 11.7 Å². The van der Waals surface area contributed by atoms with Gasteiger partial charge >= 0.3 is 0 Å². The number of carbonyl (C=O) groups is 1. The molecule has 0 aromatic heterocycles. The maximum Gasteiger partial charge on any atom is 0.224 e. The van der Waals surface area contributed by atoms with E-state index in [4.69, 9.17) is 5.73 Å². The van der Waals surface area contributed by atoms with Gasteiger partial charge in [0.1, 0.15) is 0 Å². The van der Waals surface area contributed by atoms with Gasteiger partial charge in [-0.1, -0.05) is 30.4 Å². The van der Waals surface area contributed by atoms with E-state index in [1.807, 2.05) is 24.3 Å². The molecule has 3 heteroatoms. The molecule has 1 aliphatic rings. The third-order valence-electron chi connectivity index (χ3n) is 3.23. The molecule has 94 valence electrons. The molecule has 0 unspecified atom stereocenters. The van der Waals surface area contributed by atoms with Gasteiger partial charge in [-0.3, -0.25) is 4.79 Å². The molecule has 18 heavy (non-hydrogen) atoms. The molecule has 3 nitrogen and oxygen atoms in total. The normalized spacial score (nSPS) is 14.3. The SMILES string of the molecule is NCC#Cc1ccccc1NC(=O)CC1CCC1. The van der Waals surface area contributed by atoms with E-state index in [0.29, 0.717) is 18.9 Å². The third kappa shape index (κ3) is 3.35. The largest absolute Gasteiger partial charge is 0.325 e. The first-order chi connectivity index (χ1) is 8.79. The molecule has 1 saturated carbocycles. The lowest BCUT2D eigenvalue weighted by Crippen LogP contribution is -2.21. The molecular weight excluding hydrogens is 224 g/mol. The Morgan fingerprint density at radius 1 is 1.39 bits per heavy atom. The highest BCUT2D eigenvalue weighted by molar-refractivity contribution is 5.92. The number of rotatable bonds is 3. The van der Waals surface area contributed by atoms with Crippen LogP contribution in [0, 0.1) is 17.8 Å². The van der Waals surface area contributed by atoms with Crippen molar-refractivity contribution >= 4 is 11.6 Å². The molecule has 0 radical (unpaired) electrons. The summed E-state index contributed by atoms with van der Waals surface area (Å²) in [6.07, 6.45) is 4.25. The van der Waals surface area contributed by atoms with Gasteiger partial charge in [0.05, 0.1) is 12.2 Å². The highest BCUT2D eigenvalue weighted by Gasteiger charge is 2.20. The van der Waals surface area contributed by atoms with E-state index in [0.717, 1.165) is 11.3 Å². The number of anilines is 1. The van der Waals surface area contributed by atoms with E-state index in [-0.39, 0.29) is 5.91 Å². The lowest BCUT2D eigenvalue weighted by Gasteiger charge is -2.24. The number of hydrogen-bond donors (Lipinski definition) is 2. The first kappa shape index (κ1) is 12.7. The first-order valence-electron chi connectivity index (χ1n) is 6.37. The average molecular weight is 242 g/mol. The van der Waals surface area contributed by atoms with Crippen LogP contribution < -0.4 is 11.1 Å². The lowest BCUT2D eigenvalue weighted by atomic mass is 9.83. The molecule has 1 aromatic carbocycles. The van der Waals surface area contributed by atoms with Crippen molar-refractivity contribution in [2.45, 2.75) is 25.7 Å². The van der Waals surface area contributed by atoms with Gasteiger partial charge in [0.15, 0.2) is 0 Å². The predicted molar refractivity (Wildman–Crippen MR) is 73.0 cm³/mol. The lowest BCUT2D eigenvalue weighted by molar-refractivity contribution is -0.117. The molecular formula is C15H18N2O. The van der Waals surface area contributed by atoms with E-state index in [9.17, 15) is 4.79 Å². The molecule has 1 aromatic rings. The van der Waals surface area contributed by atoms with Crippen LogP contribution in [0.25, 0.3) is 0 Å². The summed E-state index contributed by atoms with van der Waals surface area (Å²) in [7, 11) is 0. The third-order valence-corrected chi connectivity index (χ3v) is 3.23. The summed E-state index contributed by atoms with van der Waals surface area (Å²) in [5.74, 6) is 6.44. The minimum Gasteiger partial charge on any atom is -0.325 e. The Bertz CT molecular complexity index is 481. The van der Waals surface area contributed by atoms with Crippen LogP contribution in [0.1, 0.15) is 31.2 Å². The van der Waals surface area contributed by atoms with Crippen molar-refractivity contribution in [2.75, 3.05) is 11.9 Å². The van der Waals surface area contributed by atoms with Gasteiger partial charge in [0.2, 0.25) is 5.91 Å². The summed E-state index contributed by atoms with van der Waals surface area (Å²) < 4.78 is 0. The van der Waals surface area contributed by atoms with Gasteiger partial charge in [0, 0.05) is 12.0 Å². The van der Waals surface area contributed by atoms with Gasteiger partial charge in [-0.25, -0.2) is 0 Å². The summed E-state index contributed by atoms with van der Waals surface area (Å²) in [5.41, 5.74) is 6.96. The number of carbonyl (C=O) groups excluding carboxylic acids is 1. The highest BCUT2D eigenvalue weighted by atomic mass is 16.1. The van der Waals surface area contributed by atoms with Crippen molar-refractivity contribution in [1.82, 2.24) is 0 Å². The monoisotopic (exact) mass is 242 g/mol. The van der Waals surface area contributed by atoms with Gasteiger partial charge in [-0.05, 0) is 30.9 Å². The zero-order valence-electron chi connectivity index (χ0n) is 10.4. The maximum absolute atomic E-state index is 11.9. The van der Waals surface area contributed by atoms with Crippen LogP contribution in [-0.4, -0.2) is 12.5 Å². The van der Waals surface area contributed by atoms with E-state index in [1.54, 1.807) is 0 Å². The second kappa shape index (κ2) is 6.23. The Kier molecular flexibility index (Phi) is 4.38. The average Bonchev–Trinajstić information content (AvgIpc) is 2.33. The van der Waals surface area contributed by atoms with Crippen LogP contribution in [0.5, 0.6) is 0 Å². The summed E-state index contributed by atoms with van der Waals surface area (Å²) in [4.78, 5) is 11.9. The van der Waals surface area contributed by atoms with Gasteiger partial charge in [-0.15, -0.1) is 0 Å². The Labute approximate surface area is 108 Å². The fourth-order valence-corrected chi connectivity index (χ4v) is 2.01. The minimum absolute atomic E-state index is 0.0849. The van der Waals surface area contributed by atoms with Crippen molar-refractivity contribution in [1.29, 1.82) is 0 Å². The summed E-state index contributed by atoms with van der Waals surface area (Å²) in [6.45, 7) is 0.324. The number of amides is 1. The molecule has 1 amide bonds. The van der Waals surface area contributed by atoms with Crippen LogP contribution in [0.15, 0.2) is 24.3 Å². The molecule has 0 spiro atoms. The summed E-state index contributed by atoms with van der Waals surface area (Å²) in [5, 5.41) is 2.94. The molecule has 0 heterocycles. The summed E-state index contributed by atoms with van der Waals surface area (Å²) >= 11 is 0. The van der Waals surface area contributed by atoms with Crippen molar-refractivity contribution in [3.8, 4) is 11.8 Å². The molecule has 1 fully saturated rings. The quantitative estimate of drug-likeness (QED) is 0.798. The molecule has 0 aliphatic heterocycles. The number of nitrogens with two attached hydrogens (primary N) is 1. The van der Waals surface area contributed by atoms with Crippen LogP contribution in [0.4, 0.5) is 5.69 Å². The Balaban J connectivity index is 2.00. The van der Waals surface area contributed by atoms with Crippen LogP contribution in [0.2, 0.25) is 0 Å². The van der Waals surface area contributed by atoms with E-state index in [2.05, 4.69) is 17.2 Å². The fraction of sp³-hybridized carbons (Fsp3) is 0.400. The number of nitrogens with one attached hydrogen (secondary N) is 1. The second-order valence-electron chi connectivity index (χ2n) is 4.60. The molecule has 0 saturated heterocycles. The van der Waals surface area contributed by atoms with Crippen molar-refractivity contribution < 1.29 is 4.79 Å². The van der Waals surface area contributed by atoms with Crippen LogP contribution in [-0.2, 0) is 4.79 Å². The fourth-order valence-electron chi connectivity index (χ4n) is 2.01. The molecule has 2 rings (SSSR count). The zero-order valence-corrected chi connectivity index (χ0v) is 10.4. The molecule has 1 aliphatic carbocycles. The van der Waals surface area contributed by atoms with Crippen molar-refractivity contribution in [3.63, 3.8) is 0 Å². The van der Waals surface area contributed by atoms with E-state index < -0.39 is 0 Å². The standard InChI is InChI=1S/C15H18N2O/c16-10-4-8-13-7-1-2-9-14(13)17-15(18)11-12-5-3-6-12/h1-2,7,9,12H,3,5-6,10-11,16H2,(H,17,18). The first-order valence-corrected chi connectivity index (χ1v) is 6.37. The topological polar surface area (TPSA) is 55.1 Å². The smallest absolute Gasteiger partial charge is 0.224 e. The number of hydrogen-bond acceptors (Lipinski definition) is 2. The number of benzene rings is 1. The Morgan fingerprint density at radius 3 is 2.83 bits per heavy atom.